The number of carbonyl (C=O) groups is 1. The number of aryl methyl sites for hydroxylation is 1. The lowest BCUT2D eigenvalue weighted by atomic mass is 10.1. The van der Waals surface area contributed by atoms with Gasteiger partial charge in [0.25, 0.3) is 0 Å². The van der Waals surface area contributed by atoms with Crippen molar-refractivity contribution in [2.45, 2.75) is 27.3 Å². The monoisotopic (exact) mass is 284 g/mol. The predicted octanol–water partition coefficient (Wildman–Crippen LogP) is 2.99. The van der Waals surface area contributed by atoms with E-state index < -0.39 is 0 Å². The van der Waals surface area contributed by atoms with Crippen molar-refractivity contribution in [3.05, 3.63) is 47.5 Å². The molecule has 0 saturated carbocycles. The van der Waals surface area contributed by atoms with Crippen molar-refractivity contribution in [2.24, 2.45) is 5.92 Å². The molecule has 1 amide bonds. The highest BCUT2D eigenvalue weighted by atomic mass is 16.1. The number of amides is 1. The highest BCUT2D eigenvalue weighted by Crippen LogP contribution is 2.10. The summed E-state index contributed by atoms with van der Waals surface area (Å²) in [5.41, 5.74) is 2.42. The fraction of sp³-hybridized carbons (Fsp3) is 0.312. The first-order valence-electron chi connectivity index (χ1n) is 6.98. The maximum absolute atomic E-state index is 11.5. The van der Waals surface area contributed by atoms with Crippen molar-refractivity contribution in [3.8, 4) is 0 Å². The van der Waals surface area contributed by atoms with Crippen LogP contribution in [-0.4, -0.2) is 16.1 Å². The lowest BCUT2D eigenvalue weighted by Crippen LogP contribution is -2.18. The summed E-state index contributed by atoms with van der Waals surface area (Å²) in [6.07, 6.45) is 0. The third-order valence-electron chi connectivity index (χ3n) is 3.03. The zero-order chi connectivity index (χ0) is 15.2. The number of hydrogen-bond acceptors (Lipinski definition) is 4. The van der Waals surface area contributed by atoms with Gasteiger partial charge in [0.15, 0.2) is 5.82 Å². The molecule has 0 atom stereocenters. The Hall–Kier alpha value is -2.43. The predicted molar refractivity (Wildman–Crippen MR) is 84.0 cm³/mol. The Bertz CT molecular complexity index is 591. The normalized spacial score (nSPS) is 10.5. The molecular formula is C16H20N4O. The third kappa shape index (κ3) is 4.56. The summed E-state index contributed by atoms with van der Waals surface area (Å²) in [5, 5.41) is 13.9. The fourth-order valence-corrected chi connectivity index (χ4v) is 1.66. The molecule has 1 aromatic heterocycles. The third-order valence-corrected chi connectivity index (χ3v) is 3.03. The van der Waals surface area contributed by atoms with E-state index in [4.69, 9.17) is 0 Å². The molecule has 5 heteroatoms. The van der Waals surface area contributed by atoms with Gasteiger partial charge < -0.3 is 10.6 Å². The van der Waals surface area contributed by atoms with E-state index in [1.807, 2.05) is 13.8 Å². The van der Waals surface area contributed by atoms with E-state index in [0.29, 0.717) is 18.2 Å². The summed E-state index contributed by atoms with van der Waals surface area (Å²) < 4.78 is 0. The average molecular weight is 284 g/mol. The lowest BCUT2D eigenvalue weighted by molar-refractivity contribution is -0.118. The molecule has 0 aliphatic carbocycles. The molecule has 0 saturated heterocycles. The molecule has 1 aromatic carbocycles. The van der Waals surface area contributed by atoms with Gasteiger partial charge in [-0.2, -0.15) is 0 Å². The van der Waals surface area contributed by atoms with E-state index in [1.54, 1.807) is 12.1 Å². The second-order valence-electron chi connectivity index (χ2n) is 5.29. The number of nitrogens with zero attached hydrogens (tertiary/aromatic N) is 2. The summed E-state index contributed by atoms with van der Waals surface area (Å²) >= 11 is 0. The summed E-state index contributed by atoms with van der Waals surface area (Å²) in [7, 11) is 0. The van der Waals surface area contributed by atoms with Crippen LogP contribution in [0.5, 0.6) is 0 Å². The lowest BCUT2D eigenvalue weighted by Gasteiger charge is -2.08. The van der Waals surface area contributed by atoms with Crippen molar-refractivity contribution in [1.82, 2.24) is 10.2 Å². The van der Waals surface area contributed by atoms with E-state index in [1.165, 1.54) is 11.1 Å². The number of anilines is 2. The van der Waals surface area contributed by atoms with Crippen LogP contribution in [0.1, 0.15) is 25.0 Å². The van der Waals surface area contributed by atoms with Crippen molar-refractivity contribution < 1.29 is 4.79 Å². The van der Waals surface area contributed by atoms with Gasteiger partial charge in [-0.1, -0.05) is 43.7 Å². The first-order valence-corrected chi connectivity index (χ1v) is 6.98. The van der Waals surface area contributed by atoms with Gasteiger partial charge in [0.05, 0.1) is 0 Å². The van der Waals surface area contributed by atoms with Crippen LogP contribution >= 0.6 is 0 Å². The first kappa shape index (κ1) is 15.0. The number of carbonyl (C=O) groups excluding carboxylic acids is 1. The van der Waals surface area contributed by atoms with E-state index in [9.17, 15) is 4.79 Å². The van der Waals surface area contributed by atoms with Gasteiger partial charge >= 0.3 is 0 Å². The van der Waals surface area contributed by atoms with Crippen molar-refractivity contribution in [3.63, 3.8) is 0 Å². The van der Waals surface area contributed by atoms with Crippen LogP contribution in [0.2, 0.25) is 0 Å². The van der Waals surface area contributed by atoms with Crippen molar-refractivity contribution in [2.75, 3.05) is 10.6 Å². The van der Waals surface area contributed by atoms with E-state index in [0.717, 1.165) is 0 Å². The molecule has 0 spiro atoms. The number of nitrogens with one attached hydrogen (secondary N) is 2. The van der Waals surface area contributed by atoms with Gasteiger partial charge in [0.2, 0.25) is 5.91 Å². The molecule has 0 radical (unpaired) electrons. The molecule has 0 aliphatic heterocycles. The standard InChI is InChI=1S/C16H20N4O/c1-11(2)16(21)18-15-9-8-14(19-20-15)17-10-13-6-4-12(3)5-7-13/h4-9,11H,10H2,1-3H3,(H,17,19)(H,18,20,21). The van der Waals surface area contributed by atoms with Crippen LogP contribution in [0.3, 0.4) is 0 Å². The quantitative estimate of drug-likeness (QED) is 0.885. The van der Waals surface area contributed by atoms with Gasteiger partial charge in [-0.3, -0.25) is 4.79 Å². The largest absolute Gasteiger partial charge is 0.365 e. The molecule has 0 unspecified atom stereocenters. The zero-order valence-corrected chi connectivity index (χ0v) is 12.6. The first-order chi connectivity index (χ1) is 10.0. The Morgan fingerprint density at radius 2 is 1.67 bits per heavy atom. The second kappa shape index (κ2) is 6.83. The van der Waals surface area contributed by atoms with Crippen LogP contribution in [0.15, 0.2) is 36.4 Å². The number of aromatic nitrogens is 2. The van der Waals surface area contributed by atoms with Crippen LogP contribution in [0.25, 0.3) is 0 Å². The highest BCUT2D eigenvalue weighted by molar-refractivity contribution is 5.91. The molecule has 0 bridgehead atoms. The van der Waals surface area contributed by atoms with Crippen LogP contribution in [0, 0.1) is 12.8 Å². The number of rotatable bonds is 5. The topological polar surface area (TPSA) is 66.9 Å². The fourth-order valence-electron chi connectivity index (χ4n) is 1.66. The Labute approximate surface area is 124 Å². The second-order valence-corrected chi connectivity index (χ2v) is 5.29. The van der Waals surface area contributed by atoms with Gasteiger partial charge in [-0.25, -0.2) is 0 Å². The van der Waals surface area contributed by atoms with Crippen LogP contribution < -0.4 is 10.6 Å². The maximum Gasteiger partial charge on any atom is 0.228 e. The molecule has 21 heavy (non-hydrogen) atoms. The Kier molecular flexibility index (Phi) is 4.87. The molecule has 5 nitrogen and oxygen atoms in total. The molecule has 2 N–H and O–H groups in total. The summed E-state index contributed by atoms with van der Waals surface area (Å²) in [5.74, 6) is 1.00. The van der Waals surface area contributed by atoms with Crippen molar-refractivity contribution in [1.29, 1.82) is 0 Å². The smallest absolute Gasteiger partial charge is 0.228 e. The van der Waals surface area contributed by atoms with Crippen LogP contribution in [-0.2, 0) is 11.3 Å². The molecule has 2 aromatic rings. The molecule has 110 valence electrons. The maximum atomic E-state index is 11.5. The van der Waals surface area contributed by atoms with Gasteiger partial charge in [-0.05, 0) is 24.6 Å². The molecule has 1 heterocycles. The van der Waals surface area contributed by atoms with E-state index >= 15 is 0 Å². The van der Waals surface area contributed by atoms with Gasteiger partial charge in [0, 0.05) is 12.5 Å². The highest BCUT2D eigenvalue weighted by Gasteiger charge is 2.08. The molecule has 0 fully saturated rings. The zero-order valence-electron chi connectivity index (χ0n) is 12.6. The Morgan fingerprint density at radius 3 is 2.24 bits per heavy atom. The van der Waals surface area contributed by atoms with E-state index in [2.05, 4.69) is 52.0 Å². The molecular weight excluding hydrogens is 264 g/mol. The number of hydrogen-bond donors (Lipinski definition) is 2. The summed E-state index contributed by atoms with van der Waals surface area (Å²) in [4.78, 5) is 11.5. The Balaban J connectivity index is 1.90. The number of benzene rings is 1. The summed E-state index contributed by atoms with van der Waals surface area (Å²) in [6.45, 7) is 6.42. The molecule has 0 aliphatic rings. The van der Waals surface area contributed by atoms with Crippen LogP contribution in [0.4, 0.5) is 11.6 Å². The van der Waals surface area contributed by atoms with E-state index in [-0.39, 0.29) is 11.8 Å². The summed E-state index contributed by atoms with van der Waals surface area (Å²) in [6, 6.07) is 11.8. The minimum Gasteiger partial charge on any atom is -0.365 e. The SMILES string of the molecule is Cc1ccc(CNc2ccc(NC(=O)C(C)C)nn2)cc1. The Morgan fingerprint density at radius 1 is 1.05 bits per heavy atom. The van der Waals surface area contributed by atoms with Gasteiger partial charge in [0.1, 0.15) is 5.82 Å². The average Bonchev–Trinajstić information content (AvgIpc) is 2.48. The minimum absolute atomic E-state index is 0.0651. The molecule has 2 rings (SSSR count). The minimum atomic E-state index is -0.0776. The van der Waals surface area contributed by atoms with Crippen molar-refractivity contribution >= 4 is 17.5 Å². The van der Waals surface area contributed by atoms with Gasteiger partial charge in [-0.15, -0.1) is 10.2 Å².